The van der Waals surface area contributed by atoms with E-state index in [9.17, 15) is 0 Å². The predicted molar refractivity (Wildman–Crippen MR) is 88.7 cm³/mol. The van der Waals surface area contributed by atoms with Crippen LogP contribution in [0.25, 0.3) is 0 Å². The van der Waals surface area contributed by atoms with Crippen molar-refractivity contribution in [1.29, 1.82) is 0 Å². The van der Waals surface area contributed by atoms with Crippen molar-refractivity contribution in [2.75, 3.05) is 6.61 Å². The highest BCUT2D eigenvalue weighted by atomic mass is 16.5. The van der Waals surface area contributed by atoms with Crippen molar-refractivity contribution in [2.45, 2.75) is 39.7 Å². The fourth-order valence-electron chi connectivity index (χ4n) is 2.64. The normalized spacial score (nSPS) is 10.6. The first-order valence-electron chi connectivity index (χ1n) is 7.67. The van der Waals surface area contributed by atoms with Crippen LogP contribution in [0, 0.1) is 13.8 Å². The lowest BCUT2D eigenvalue weighted by Gasteiger charge is -2.13. The summed E-state index contributed by atoms with van der Waals surface area (Å²) in [5, 5.41) is 0. The summed E-state index contributed by atoms with van der Waals surface area (Å²) in [6.45, 7) is 5.53. The van der Waals surface area contributed by atoms with Crippen LogP contribution in [0.3, 0.4) is 0 Å². The third kappa shape index (κ3) is 4.61. The van der Waals surface area contributed by atoms with Crippen LogP contribution >= 0.6 is 0 Å². The molecule has 0 aromatic heterocycles. The Labute approximate surface area is 127 Å². The molecule has 0 atom stereocenters. The zero-order valence-corrected chi connectivity index (χ0v) is 13.1. The Morgan fingerprint density at radius 1 is 0.905 bits per heavy atom. The van der Waals surface area contributed by atoms with E-state index in [0.717, 1.165) is 31.6 Å². The van der Waals surface area contributed by atoms with E-state index in [1.165, 1.54) is 22.3 Å². The van der Waals surface area contributed by atoms with Crippen LogP contribution in [0.2, 0.25) is 0 Å². The number of nitrogens with two attached hydrogens (primary N) is 1. The van der Waals surface area contributed by atoms with E-state index < -0.39 is 0 Å². The Kier molecular flexibility index (Phi) is 5.82. The topological polar surface area (TPSA) is 35.2 Å². The van der Waals surface area contributed by atoms with Crippen molar-refractivity contribution in [2.24, 2.45) is 5.73 Å². The molecule has 0 spiro atoms. The average Bonchev–Trinajstić information content (AvgIpc) is 2.50. The summed E-state index contributed by atoms with van der Waals surface area (Å²) in [6, 6.07) is 14.8. The van der Waals surface area contributed by atoms with Crippen LogP contribution in [0.15, 0.2) is 42.5 Å². The SMILES string of the molecule is Cc1cc(CN)cc(C)c1OCCCCc1ccccc1. The standard InChI is InChI=1S/C19H25NO/c1-15-12-18(14-20)13-16(2)19(15)21-11-7-6-10-17-8-4-3-5-9-17/h3-5,8-9,12-13H,6-7,10-11,14,20H2,1-2H3. The minimum Gasteiger partial charge on any atom is -0.493 e. The van der Waals surface area contributed by atoms with Crippen molar-refractivity contribution in [3.63, 3.8) is 0 Å². The van der Waals surface area contributed by atoms with Gasteiger partial charge in [0, 0.05) is 6.54 Å². The van der Waals surface area contributed by atoms with Gasteiger partial charge < -0.3 is 10.5 Å². The van der Waals surface area contributed by atoms with Gasteiger partial charge in [-0.2, -0.15) is 0 Å². The van der Waals surface area contributed by atoms with Crippen molar-refractivity contribution >= 4 is 0 Å². The van der Waals surface area contributed by atoms with Crippen LogP contribution in [0.1, 0.15) is 35.1 Å². The maximum atomic E-state index is 5.96. The lowest BCUT2D eigenvalue weighted by molar-refractivity contribution is 0.303. The summed E-state index contributed by atoms with van der Waals surface area (Å²) < 4.78 is 5.96. The van der Waals surface area contributed by atoms with Gasteiger partial charge in [0.2, 0.25) is 0 Å². The molecule has 2 aromatic rings. The second kappa shape index (κ2) is 7.84. The molecule has 2 aromatic carbocycles. The van der Waals surface area contributed by atoms with E-state index in [-0.39, 0.29) is 0 Å². The Morgan fingerprint density at radius 2 is 1.57 bits per heavy atom. The van der Waals surface area contributed by atoms with Crippen molar-refractivity contribution < 1.29 is 4.74 Å². The van der Waals surface area contributed by atoms with Crippen LogP contribution < -0.4 is 10.5 Å². The smallest absolute Gasteiger partial charge is 0.125 e. The highest BCUT2D eigenvalue weighted by molar-refractivity contribution is 5.43. The van der Waals surface area contributed by atoms with Gasteiger partial charge in [0.05, 0.1) is 6.61 Å². The van der Waals surface area contributed by atoms with E-state index in [4.69, 9.17) is 10.5 Å². The predicted octanol–water partition coefficient (Wildman–Crippen LogP) is 4.16. The molecule has 0 fully saturated rings. The molecule has 2 rings (SSSR count). The molecule has 0 amide bonds. The zero-order chi connectivity index (χ0) is 15.1. The molecule has 0 aliphatic carbocycles. The lowest BCUT2D eigenvalue weighted by atomic mass is 10.1. The van der Waals surface area contributed by atoms with E-state index in [2.05, 4.69) is 56.3 Å². The monoisotopic (exact) mass is 283 g/mol. The quantitative estimate of drug-likeness (QED) is 0.774. The van der Waals surface area contributed by atoms with Gasteiger partial charge in [-0.3, -0.25) is 0 Å². The Morgan fingerprint density at radius 3 is 2.19 bits per heavy atom. The number of aryl methyl sites for hydroxylation is 3. The molecule has 0 saturated carbocycles. The summed E-state index contributed by atoms with van der Waals surface area (Å²) in [5.41, 5.74) is 10.6. The number of ether oxygens (including phenoxy) is 1. The Balaban J connectivity index is 1.79. The highest BCUT2D eigenvalue weighted by Gasteiger charge is 2.05. The van der Waals surface area contributed by atoms with E-state index >= 15 is 0 Å². The fourth-order valence-corrected chi connectivity index (χ4v) is 2.64. The Hall–Kier alpha value is -1.80. The second-order valence-electron chi connectivity index (χ2n) is 5.55. The summed E-state index contributed by atoms with van der Waals surface area (Å²) in [7, 11) is 0. The molecule has 0 bridgehead atoms. The average molecular weight is 283 g/mol. The van der Waals surface area contributed by atoms with Gasteiger partial charge in [-0.1, -0.05) is 42.5 Å². The van der Waals surface area contributed by atoms with Gasteiger partial charge >= 0.3 is 0 Å². The third-order valence-corrected chi connectivity index (χ3v) is 3.70. The van der Waals surface area contributed by atoms with Crippen molar-refractivity contribution in [3.05, 3.63) is 64.7 Å². The summed E-state index contributed by atoms with van der Waals surface area (Å²) in [4.78, 5) is 0. The van der Waals surface area contributed by atoms with Crippen LogP contribution in [-0.4, -0.2) is 6.61 Å². The third-order valence-electron chi connectivity index (χ3n) is 3.70. The molecule has 0 aliphatic rings. The first-order valence-corrected chi connectivity index (χ1v) is 7.67. The molecule has 0 unspecified atom stereocenters. The van der Waals surface area contributed by atoms with Crippen LogP contribution in [0.4, 0.5) is 0 Å². The number of hydrogen-bond acceptors (Lipinski definition) is 2. The maximum absolute atomic E-state index is 5.96. The second-order valence-corrected chi connectivity index (χ2v) is 5.55. The summed E-state index contributed by atoms with van der Waals surface area (Å²) in [5.74, 6) is 1.02. The summed E-state index contributed by atoms with van der Waals surface area (Å²) >= 11 is 0. The van der Waals surface area contributed by atoms with Gasteiger partial charge in [0.1, 0.15) is 5.75 Å². The molecule has 0 saturated heterocycles. The van der Waals surface area contributed by atoms with Crippen LogP contribution in [0.5, 0.6) is 5.75 Å². The van der Waals surface area contributed by atoms with E-state index in [1.807, 2.05) is 0 Å². The minimum atomic E-state index is 0.582. The number of unbranched alkanes of at least 4 members (excludes halogenated alkanes) is 1. The van der Waals surface area contributed by atoms with Crippen molar-refractivity contribution in [3.8, 4) is 5.75 Å². The number of benzene rings is 2. The van der Waals surface area contributed by atoms with Crippen molar-refractivity contribution in [1.82, 2.24) is 0 Å². The fraction of sp³-hybridized carbons (Fsp3) is 0.368. The highest BCUT2D eigenvalue weighted by Crippen LogP contribution is 2.25. The molecule has 0 heterocycles. The molecule has 2 nitrogen and oxygen atoms in total. The van der Waals surface area contributed by atoms with Gasteiger partial charge in [0.15, 0.2) is 0 Å². The van der Waals surface area contributed by atoms with Gasteiger partial charge in [0.25, 0.3) is 0 Å². The largest absolute Gasteiger partial charge is 0.493 e. The zero-order valence-electron chi connectivity index (χ0n) is 13.1. The molecule has 2 heteroatoms. The number of rotatable bonds is 7. The first-order chi connectivity index (χ1) is 10.2. The lowest BCUT2D eigenvalue weighted by Crippen LogP contribution is -2.04. The van der Waals surface area contributed by atoms with E-state index in [0.29, 0.717) is 6.54 Å². The molecular formula is C19H25NO. The molecule has 0 radical (unpaired) electrons. The molecule has 0 aliphatic heterocycles. The van der Waals surface area contributed by atoms with E-state index in [1.54, 1.807) is 0 Å². The van der Waals surface area contributed by atoms with Gasteiger partial charge in [-0.05, 0) is 55.4 Å². The van der Waals surface area contributed by atoms with Gasteiger partial charge in [-0.15, -0.1) is 0 Å². The summed E-state index contributed by atoms with van der Waals surface area (Å²) in [6.07, 6.45) is 3.35. The van der Waals surface area contributed by atoms with Gasteiger partial charge in [-0.25, -0.2) is 0 Å². The first kappa shape index (κ1) is 15.6. The maximum Gasteiger partial charge on any atom is 0.125 e. The van der Waals surface area contributed by atoms with Crippen LogP contribution in [-0.2, 0) is 13.0 Å². The molecule has 112 valence electrons. The number of hydrogen-bond donors (Lipinski definition) is 1. The Bertz CT molecular complexity index is 540. The molecule has 21 heavy (non-hydrogen) atoms. The minimum absolute atomic E-state index is 0.582. The molecular weight excluding hydrogens is 258 g/mol. The molecule has 2 N–H and O–H groups in total.